The van der Waals surface area contributed by atoms with Crippen LogP contribution >= 0.6 is 11.8 Å². The second-order valence-corrected chi connectivity index (χ2v) is 8.39. The molecule has 3 rings (SSSR count). The van der Waals surface area contributed by atoms with Crippen molar-refractivity contribution in [1.82, 2.24) is 15.2 Å². The number of hydrogen-bond acceptors (Lipinski definition) is 4. The Bertz CT molecular complexity index is 926. The fourth-order valence-corrected chi connectivity index (χ4v) is 3.20. The lowest BCUT2D eigenvalue weighted by molar-refractivity contribution is -0.113. The number of benzene rings is 2. The average Bonchev–Trinajstić information content (AvgIpc) is 3.10. The molecule has 1 aromatic heterocycles. The van der Waals surface area contributed by atoms with Crippen molar-refractivity contribution in [1.29, 1.82) is 0 Å². The Morgan fingerprint density at radius 1 is 1.11 bits per heavy atom. The highest BCUT2D eigenvalue weighted by Crippen LogP contribution is 2.25. The number of hydrogen-bond donors (Lipinski definition) is 2. The number of nitrogens with one attached hydrogen (secondary N) is 2. The van der Waals surface area contributed by atoms with Crippen LogP contribution in [0.15, 0.2) is 53.7 Å². The third-order valence-corrected chi connectivity index (χ3v) is 5.09. The molecule has 0 atom stereocenters. The summed E-state index contributed by atoms with van der Waals surface area (Å²) in [6.45, 7) is 8.53. The highest BCUT2D eigenvalue weighted by Gasteiger charge is 2.14. The number of H-pyrrole nitrogens is 1. The molecule has 6 heteroatoms. The van der Waals surface area contributed by atoms with Crippen molar-refractivity contribution < 1.29 is 4.79 Å². The Labute approximate surface area is 164 Å². The fourth-order valence-electron chi connectivity index (χ4n) is 2.60. The maximum atomic E-state index is 12.1. The van der Waals surface area contributed by atoms with Crippen LogP contribution in [0.25, 0.3) is 11.4 Å². The van der Waals surface area contributed by atoms with Crippen molar-refractivity contribution >= 4 is 23.4 Å². The van der Waals surface area contributed by atoms with Crippen molar-refractivity contribution in [2.24, 2.45) is 0 Å². The van der Waals surface area contributed by atoms with E-state index in [0.717, 1.165) is 16.8 Å². The molecule has 2 N–H and O–H groups in total. The van der Waals surface area contributed by atoms with Gasteiger partial charge in [0, 0.05) is 11.3 Å². The normalized spacial score (nSPS) is 11.4. The van der Waals surface area contributed by atoms with Crippen molar-refractivity contribution in [3.8, 4) is 11.4 Å². The number of amides is 1. The number of aromatic amines is 1. The van der Waals surface area contributed by atoms with E-state index in [1.165, 1.54) is 17.3 Å². The van der Waals surface area contributed by atoms with Gasteiger partial charge in [0.2, 0.25) is 11.1 Å². The Hall–Kier alpha value is -2.60. The van der Waals surface area contributed by atoms with E-state index in [4.69, 9.17) is 0 Å². The molecule has 0 unspecified atom stereocenters. The summed E-state index contributed by atoms with van der Waals surface area (Å²) in [5, 5.41) is 10.6. The van der Waals surface area contributed by atoms with Crippen LogP contribution in [0.4, 0.5) is 5.69 Å². The Morgan fingerprint density at radius 3 is 2.48 bits per heavy atom. The van der Waals surface area contributed by atoms with Gasteiger partial charge >= 0.3 is 0 Å². The van der Waals surface area contributed by atoms with Gasteiger partial charge in [-0.3, -0.25) is 9.89 Å². The van der Waals surface area contributed by atoms with Crippen LogP contribution in [0.5, 0.6) is 0 Å². The van der Waals surface area contributed by atoms with Crippen LogP contribution in [0.3, 0.4) is 0 Å². The summed E-state index contributed by atoms with van der Waals surface area (Å²) in [6.07, 6.45) is 0. The molecule has 0 spiro atoms. The maximum Gasteiger partial charge on any atom is 0.234 e. The molecule has 5 nitrogen and oxygen atoms in total. The highest BCUT2D eigenvalue weighted by atomic mass is 32.2. The predicted octanol–water partition coefficient (Wildman–Crippen LogP) is 4.81. The lowest BCUT2D eigenvalue weighted by Gasteiger charge is -2.18. The molecule has 0 aliphatic carbocycles. The van der Waals surface area contributed by atoms with Gasteiger partial charge in [-0.15, -0.1) is 5.10 Å². The molecule has 27 heavy (non-hydrogen) atoms. The average molecular weight is 381 g/mol. The maximum absolute atomic E-state index is 12.1. The van der Waals surface area contributed by atoms with E-state index in [2.05, 4.69) is 53.4 Å². The minimum Gasteiger partial charge on any atom is -0.325 e. The molecule has 1 heterocycles. The molecular formula is C21H24N4OS. The Morgan fingerprint density at radius 2 is 1.81 bits per heavy atom. The predicted molar refractivity (Wildman–Crippen MR) is 111 cm³/mol. The van der Waals surface area contributed by atoms with Crippen molar-refractivity contribution in [2.45, 2.75) is 38.3 Å². The number of carbonyl (C=O) groups excluding carboxylic acids is 1. The number of carbonyl (C=O) groups is 1. The van der Waals surface area contributed by atoms with Crippen LogP contribution in [0.2, 0.25) is 0 Å². The van der Waals surface area contributed by atoms with Crippen LogP contribution < -0.4 is 5.32 Å². The van der Waals surface area contributed by atoms with Gasteiger partial charge in [0.25, 0.3) is 0 Å². The minimum absolute atomic E-state index is 0.0739. The zero-order valence-electron chi connectivity index (χ0n) is 16.0. The number of para-hydroxylation sites is 1. The molecular weight excluding hydrogens is 356 g/mol. The summed E-state index contributed by atoms with van der Waals surface area (Å²) in [5.41, 5.74) is 4.23. The first kappa shape index (κ1) is 19.2. The van der Waals surface area contributed by atoms with E-state index >= 15 is 0 Å². The molecule has 3 aromatic rings. The quantitative estimate of drug-likeness (QED) is 0.623. The summed E-state index contributed by atoms with van der Waals surface area (Å²) in [5.74, 6) is 0.890. The first-order chi connectivity index (χ1) is 12.8. The molecule has 0 fully saturated rings. The summed E-state index contributed by atoms with van der Waals surface area (Å²) in [4.78, 5) is 16.6. The minimum atomic E-state index is -0.0739. The smallest absolute Gasteiger partial charge is 0.234 e. The van der Waals surface area contributed by atoms with E-state index in [1.807, 2.05) is 43.3 Å². The zero-order valence-corrected chi connectivity index (χ0v) is 16.9. The van der Waals surface area contributed by atoms with E-state index < -0.39 is 0 Å². The van der Waals surface area contributed by atoms with Crippen LogP contribution in [0, 0.1) is 6.92 Å². The molecule has 2 aromatic carbocycles. The number of aromatic nitrogens is 3. The van der Waals surface area contributed by atoms with Gasteiger partial charge in [0.15, 0.2) is 5.82 Å². The van der Waals surface area contributed by atoms with Crippen molar-refractivity contribution in [2.75, 3.05) is 11.1 Å². The van der Waals surface area contributed by atoms with E-state index in [-0.39, 0.29) is 17.1 Å². The van der Waals surface area contributed by atoms with Gasteiger partial charge in [-0.2, -0.15) is 0 Å². The molecule has 140 valence electrons. The second kappa shape index (κ2) is 7.96. The molecule has 0 saturated heterocycles. The lowest BCUT2D eigenvalue weighted by atomic mass is 9.87. The monoisotopic (exact) mass is 380 g/mol. The van der Waals surface area contributed by atoms with Gasteiger partial charge in [-0.05, 0) is 29.5 Å². The van der Waals surface area contributed by atoms with Crippen molar-refractivity contribution in [3.63, 3.8) is 0 Å². The highest BCUT2D eigenvalue weighted by molar-refractivity contribution is 7.99. The largest absolute Gasteiger partial charge is 0.325 e. The van der Waals surface area contributed by atoms with Gasteiger partial charge in [0.05, 0.1) is 5.75 Å². The number of anilines is 1. The van der Waals surface area contributed by atoms with E-state index in [9.17, 15) is 4.79 Å². The molecule has 0 bridgehead atoms. The molecule has 0 aliphatic heterocycles. The second-order valence-electron chi connectivity index (χ2n) is 7.45. The van der Waals surface area contributed by atoms with Gasteiger partial charge in [0.1, 0.15) is 0 Å². The number of aryl methyl sites for hydroxylation is 1. The van der Waals surface area contributed by atoms with Crippen LogP contribution in [-0.2, 0) is 10.2 Å². The standard InChI is InChI=1S/C21H24N4OS/c1-14-7-5-6-8-17(14)22-18(26)13-27-20-23-19(24-25-20)15-9-11-16(12-10-15)21(2,3)4/h5-12H,13H2,1-4H3,(H,22,26)(H,23,24,25). The van der Waals surface area contributed by atoms with E-state index in [1.54, 1.807) is 0 Å². The summed E-state index contributed by atoms with van der Waals surface area (Å²) >= 11 is 1.31. The first-order valence-electron chi connectivity index (χ1n) is 8.84. The van der Waals surface area contributed by atoms with Gasteiger partial charge in [-0.1, -0.05) is 75.0 Å². The molecule has 0 radical (unpaired) electrons. The SMILES string of the molecule is Cc1ccccc1NC(=O)CSc1n[nH]c(-c2ccc(C(C)(C)C)cc2)n1. The number of rotatable bonds is 5. The lowest BCUT2D eigenvalue weighted by Crippen LogP contribution is -2.14. The molecule has 0 saturated carbocycles. The fraction of sp³-hybridized carbons (Fsp3) is 0.286. The molecule has 0 aliphatic rings. The number of nitrogens with zero attached hydrogens (tertiary/aromatic N) is 2. The summed E-state index contributed by atoms with van der Waals surface area (Å²) in [6, 6.07) is 16.0. The van der Waals surface area contributed by atoms with Crippen LogP contribution in [-0.4, -0.2) is 26.8 Å². The van der Waals surface area contributed by atoms with Gasteiger partial charge < -0.3 is 5.32 Å². The third-order valence-electron chi connectivity index (χ3n) is 4.24. The van der Waals surface area contributed by atoms with Crippen molar-refractivity contribution in [3.05, 3.63) is 59.7 Å². The topological polar surface area (TPSA) is 70.7 Å². The number of thioether (sulfide) groups is 1. The van der Waals surface area contributed by atoms with Gasteiger partial charge in [-0.25, -0.2) is 4.98 Å². The first-order valence-corrected chi connectivity index (χ1v) is 9.83. The Kier molecular flexibility index (Phi) is 5.65. The third kappa shape index (κ3) is 4.98. The Balaban J connectivity index is 1.59. The zero-order chi connectivity index (χ0) is 19.4. The summed E-state index contributed by atoms with van der Waals surface area (Å²) < 4.78 is 0. The van der Waals surface area contributed by atoms with E-state index in [0.29, 0.717) is 11.0 Å². The summed E-state index contributed by atoms with van der Waals surface area (Å²) in [7, 11) is 0. The van der Waals surface area contributed by atoms with Crippen LogP contribution in [0.1, 0.15) is 31.9 Å². The molecule has 1 amide bonds.